The van der Waals surface area contributed by atoms with E-state index in [1.54, 1.807) is 57.0 Å². The van der Waals surface area contributed by atoms with Crippen LogP contribution in [-0.4, -0.2) is 75.4 Å². The molecule has 1 fully saturated rings. The number of piperazine rings is 1. The number of amides is 2. The third kappa shape index (κ3) is 8.41. The summed E-state index contributed by atoms with van der Waals surface area (Å²) >= 11 is 0. The van der Waals surface area contributed by atoms with Crippen molar-refractivity contribution in [1.82, 2.24) is 30.2 Å². The summed E-state index contributed by atoms with van der Waals surface area (Å²) in [6.07, 6.45) is 5.05. The van der Waals surface area contributed by atoms with Crippen LogP contribution in [0, 0.1) is 11.6 Å². The van der Waals surface area contributed by atoms with Crippen molar-refractivity contribution in [3.05, 3.63) is 66.1 Å². The average molecular weight is 663 g/mol. The maximum absolute atomic E-state index is 15.4. The number of anilines is 3. The van der Waals surface area contributed by atoms with Crippen molar-refractivity contribution < 1.29 is 27.8 Å². The number of pyridine rings is 2. The number of hydrogen-bond acceptors (Lipinski definition) is 10. The van der Waals surface area contributed by atoms with Crippen molar-refractivity contribution in [3.8, 4) is 11.3 Å². The zero-order valence-corrected chi connectivity index (χ0v) is 27.7. The number of halogens is 2. The summed E-state index contributed by atoms with van der Waals surface area (Å²) in [6.45, 7) is 11.8. The second-order valence-electron chi connectivity index (χ2n) is 12.5. The van der Waals surface area contributed by atoms with Gasteiger partial charge in [-0.25, -0.2) is 33.3 Å². The van der Waals surface area contributed by atoms with Crippen molar-refractivity contribution in [3.63, 3.8) is 0 Å². The van der Waals surface area contributed by atoms with Crippen LogP contribution < -0.4 is 15.5 Å². The minimum Gasteiger partial charge on any atom is -0.449 e. The number of alkyl carbamates (subject to hydrolysis) is 1. The molecule has 1 unspecified atom stereocenters. The van der Waals surface area contributed by atoms with Crippen molar-refractivity contribution >= 4 is 40.5 Å². The second-order valence-corrected chi connectivity index (χ2v) is 12.5. The van der Waals surface area contributed by atoms with Crippen LogP contribution in [0.3, 0.4) is 0 Å². The topological polar surface area (TPSA) is 135 Å². The molecule has 0 bridgehead atoms. The largest absolute Gasteiger partial charge is 0.449 e. The van der Waals surface area contributed by atoms with Crippen LogP contribution in [0.5, 0.6) is 0 Å². The fourth-order valence-electron chi connectivity index (χ4n) is 5.24. The number of aromatic nitrogens is 4. The number of carbonyl (C=O) groups is 2. The van der Waals surface area contributed by atoms with E-state index >= 15 is 8.78 Å². The van der Waals surface area contributed by atoms with Crippen LogP contribution >= 0.6 is 0 Å². The lowest BCUT2D eigenvalue weighted by Crippen LogP contribution is -2.49. The van der Waals surface area contributed by atoms with Gasteiger partial charge in [0.2, 0.25) is 5.95 Å². The number of nitrogens with zero attached hydrogens (tertiary/aromatic N) is 6. The molecule has 48 heavy (non-hydrogen) atoms. The van der Waals surface area contributed by atoms with Gasteiger partial charge in [0.05, 0.1) is 30.7 Å². The molecular weight excluding hydrogens is 622 g/mol. The highest BCUT2D eigenvalue weighted by Crippen LogP contribution is 2.31. The standard InChI is InChI=1S/C34H40F2N8O4/c1-6-7-16-47-33(46)44-14-12-43(13-15-44)23-8-9-28(38-19-23)41-31-39-20-27(36)29(42-31)22-17-25-24(10-11-37-30(25)26(35)18-22)21(2)40-32(45)48-34(3,4)5/h8-11,17-21H,6-7,12-16H2,1-5H3,(H,40,45)(H,38,39,41,42). The SMILES string of the molecule is CCCCOC(=O)N1CCN(c2ccc(Nc3ncc(F)c(-c4cc(F)c5nccc(C(C)NC(=O)OC(C)(C)C)c5c4)n3)nc2)CC1. The molecule has 2 amide bonds. The number of unbranched alkanes of at least 4 members (excludes halogenated alkanes) is 1. The number of fused-ring (bicyclic) bond motifs is 1. The molecule has 254 valence electrons. The van der Waals surface area contributed by atoms with Crippen molar-refractivity contribution in [2.24, 2.45) is 0 Å². The number of nitrogens with one attached hydrogen (secondary N) is 2. The quantitative estimate of drug-likeness (QED) is 0.185. The van der Waals surface area contributed by atoms with Crippen LogP contribution in [0.2, 0.25) is 0 Å². The Labute approximate surface area is 277 Å². The third-order valence-electron chi connectivity index (χ3n) is 7.66. The molecule has 1 aromatic carbocycles. The first-order valence-electron chi connectivity index (χ1n) is 15.9. The van der Waals surface area contributed by atoms with Gasteiger partial charge in [-0.05, 0) is 70.0 Å². The Morgan fingerprint density at radius 1 is 1.00 bits per heavy atom. The summed E-state index contributed by atoms with van der Waals surface area (Å²) in [4.78, 5) is 45.5. The summed E-state index contributed by atoms with van der Waals surface area (Å²) in [5, 5.41) is 6.13. The lowest BCUT2D eigenvalue weighted by molar-refractivity contribution is 0.0508. The van der Waals surface area contributed by atoms with Crippen LogP contribution in [0.25, 0.3) is 22.2 Å². The van der Waals surface area contributed by atoms with Gasteiger partial charge in [0.25, 0.3) is 0 Å². The van der Waals surface area contributed by atoms with E-state index in [-0.39, 0.29) is 28.8 Å². The van der Waals surface area contributed by atoms with Gasteiger partial charge in [0.15, 0.2) is 5.82 Å². The zero-order valence-electron chi connectivity index (χ0n) is 27.7. The summed E-state index contributed by atoms with van der Waals surface area (Å²) in [5.41, 5.74) is 0.860. The molecule has 0 radical (unpaired) electrons. The smallest absolute Gasteiger partial charge is 0.409 e. The second kappa shape index (κ2) is 14.7. The van der Waals surface area contributed by atoms with Gasteiger partial charge in [-0.1, -0.05) is 13.3 Å². The van der Waals surface area contributed by atoms with E-state index in [2.05, 4.69) is 35.5 Å². The molecule has 1 saturated heterocycles. The fourth-order valence-corrected chi connectivity index (χ4v) is 5.24. The first-order chi connectivity index (χ1) is 22.9. The molecule has 0 aliphatic carbocycles. The van der Waals surface area contributed by atoms with Crippen LogP contribution in [0.15, 0.2) is 48.9 Å². The maximum Gasteiger partial charge on any atom is 0.409 e. The maximum atomic E-state index is 15.4. The number of benzene rings is 1. The van der Waals surface area contributed by atoms with Gasteiger partial charge in [-0.3, -0.25) is 4.98 Å². The summed E-state index contributed by atoms with van der Waals surface area (Å²) in [6, 6.07) is 7.47. The number of hydrogen-bond donors (Lipinski definition) is 2. The summed E-state index contributed by atoms with van der Waals surface area (Å²) in [5.74, 6) is -0.935. The Morgan fingerprint density at radius 3 is 2.46 bits per heavy atom. The number of ether oxygens (including phenoxy) is 2. The monoisotopic (exact) mass is 662 g/mol. The number of carbonyl (C=O) groups excluding carboxylic acids is 2. The lowest BCUT2D eigenvalue weighted by Gasteiger charge is -2.35. The Balaban J connectivity index is 1.30. The fraction of sp³-hybridized carbons (Fsp3) is 0.412. The van der Waals surface area contributed by atoms with E-state index in [1.807, 2.05) is 13.0 Å². The Hall–Kier alpha value is -5.14. The Bertz CT molecular complexity index is 1760. The molecule has 4 aromatic rings. The zero-order chi connectivity index (χ0) is 34.4. The lowest BCUT2D eigenvalue weighted by atomic mass is 9.99. The molecule has 14 heteroatoms. The van der Waals surface area contributed by atoms with Crippen molar-refractivity contribution in [1.29, 1.82) is 0 Å². The predicted molar refractivity (Wildman–Crippen MR) is 178 cm³/mol. The van der Waals surface area contributed by atoms with Crippen molar-refractivity contribution in [2.75, 3.05) is 43.0 Å². The number of rotatable bonds is 9. The first kappa shape index (κ1) is 34.2. The highest BCUT2D eigenvalue weighted by atomic mass is 19.1. The minimum atomic E-state index is -0.749. The Kier molecular flexibility index (Phi) is 10.5. The molecule has 0 spiro atoms. The van der Waals surface area contributed by atoms with E-state index in [1.165, 1.54) is 6.20 Å². The Morgan fingerprint density at radius 2 is 1.77 bits per heavy atom. The van der Waals surface area contributed by atoms with E-state index in [0.717, 1.165) is 30.8 Å². The molecule has 1 atom stereocenters. The molecule has 1 aliphatic heterocycles. The minimum absolute atomic E-state index is 0.0636. The van der Waals surface area contributed by atoms with Crippen molar-refractivity contribution in [2.45, 2.75) is 59.1 Å². The van der Waals surface area contributed by atoms with E-state index in [9.17, 15) is 9.59 Å². The third-order valence-corrected chi connectivity index (χ3v) is 7.66. The molecule has 5 rings (SSSR count). The van der Waals surface area contributed by atoms with Crippen LogP contribution in [0.1, 0.15) is 59.1 Å². The van der Waals surface area contributed by atoms with Gasteiger partial charge in [-0.15, -0.1) is 0 Å². The normalized spacial score (nSPS) is 14.1. The molecule has 3 aromatic heterocycles. The van der Waals surface area contributed by atoms with E-state index in [4.69, 9.17) is 9.47 Å². The molecule has 2 N–H and O–H groups in total. The predicted octanol–water partition coefficient (Wildman–Crippen LogP) is 6.75. The molecule has 4 heterocycles. The highest BCUT2D eigenvalue weighted by Gasteiger charge is 2.23. The van der Waals surface area contributed by atoms with Gasteiger partial charge in [0.1, 0.15) is 28.4 Å². The van der Waals surface area contributed by atoms with E-state index < -0.39 is 29.4 Å². The van der Waals surface area contributed by atoms with Crippen LogP contribution in [-0.2, 0) is 9.47 Å². The average Bonchev–Trinajstić information content (AvgIpc) is 3.05. The van der Waals surface area contributed by atoms with E-state index in [0.29, 0.717) is 49.6 Å². The highest BCUT2D eigenvalue weighted by molar-refractivity contribution is 5.88. The van der Waals surface area contributed by atoms with Gasteiger partial charge in [0, 0.05) is 43.3 Å². The molecule has 12 nitrogen and oxygen atoms in total. The van der Waals surface area contributed by atoms with Gasteiger partial charge < -0.3 is 29.9 Å². The van der Waals surface area contributed by atoms with Gasteiger partial charge >= 0.3 is 12.2 Å². The summed E-state index contributed by atoms with van der Waals surface area (Å²) < 4.78 is 41.1. The van der Waals surface area contributed by atoms with Gasteiger partial charge in [-0.2, -0.15) is 0 Å². The van der Waals surface area contributed by atoms with Crippen LogP contribution in [0.4, 0.5) is 35.8 Å². The molecule has 1 aliphatic rings. The summed E-state index contributed by atoms with van der Waals surface area (Å²) in [7, 11) is 0. The molecular formula is C34H40F2N8O4. The first-order valence-corrected chi connectivity index (χ1v) is 15.9. The molecule has 0 saturated carbocycles.